The minimum atomic E-state index is -0.543. The Kier molecular flexibility index (Phi) is 3.86. The molecule has 1 aliphatic carbocycles. The van der Waals surface area contributed by atoms with Gasteiger partial charge in [0.15, 0.2) is 0 Å². The molecule has 0 spiro atoms. The number of H-pyrrole nitrogens is 1. The van der Waals surface area contributed by atoms with Crippen molar-refractivity contribution in [3.63, 3.8) is 0 Å². The number of nitrogens with one attached hydrogen (secondary N) is 2. The molecule has 1 aromatic heterocycles. The van der Waals surface area contributed by atoms with Crippen LogP contribution in [0, 0.1) is 10.1 Å². The predicted molar refractivity (Wildman–Crippen MR) is 66.8 cm³/mol. The lowest BCUT2D eigenvalue weighted by atomic mass is 9.95. The first-order valence-electron chi connectivity index (χ1n) is 5.85. The van der Waals surface area contributed by atoms with E-state index in [9.17, 15) is 14.9 Å². The highest BCUT2D eigenvalue weighted by Crippen LogP contribution is 2.23. The van der Waals surface area contributed by atoms with Crippen molar-refractivity contribution >= 4 is 23.2 Å². The fraction of sp³-hybridized carbons (Fsp3) is 0.545. The summed E-state index contributed by atoms with van der Waals surface area (Å²) in [4.78, 5) is 24.4. The van der Waals surface area contributed by atoms with E-state index in [1.165, 1.54) is 12.3 Å². The van der Waals surface area contributed by atoms with Gasteiger partial charge in [0.05, 0.1) is 16.5 Å². The Morgan fingerprint density at radius 2 is 2.22 bits per heavy atom. The Bertz CT molecular complexity index is 460. The number of carbonyl (C=O) groups excluding carboxylic acids is 1. The molecule has 2 N–H and O–H groups in total. The minimum Gasteiger partial charge on any atom is -0.351 e. The topological polar surface area (TPSA) is 88.0 Å². The van der Waals surface area contributed by atoms with Crippen molar-refractivity contribution in [1.29, 1.82) is 0 Å². The Hall–Kier alpha value is -1.56. The first kappa shape index (κ1) is 12.9. The van der Waals surface area contributed by atoms with Gasteiger partial charge in [-0.05, 0) is 12.8 Å². The first-order valence-corrected chi connectivity index (χ1v) is 6.29. The number of nitro groups is 1. The van der Waals surface area contributed by atoms with Gasteiger partial charge in [0, 0.05) is 12.1 Å². The van der Waals surface area contributed by atoms with Gasteiger partial charge in [-0.25, -0.2) is 0 Å². The lowest BCUT2D eigenvalue weighted by Crippen LogP contribution is -2.42. The van der Waals surface area contributed by atoms with Crippen LogP contribution in [0.25, 0.3) is 0 Å². The van der Waals surface area contributed by atoms with Gasteiger partial charge in [0.25, 0.3) is 11.6 Å². The molecule has 2 atom stereocenters. The van der Waals surface area contributed by atoms with Crippen LogP contribution in [0.1, 0.15) is 36.2 Å². The lowest BCUT2D eigenvalue weighted by molar-refractivity contribution is -0.384. The molecule has 0 aromatic carbocycles. The second kappa shape index (κ2) is 5.39. The number of aromatic amines is 1. The third kappa shape index (κ3) is 2.81. The van der Waals surface area contributed by atoms with Crippen LogP contribution in [0.15, 0.2) is 12.3 Å². The highest BCUT2D eigenvalue weighted by Gasteiger charge is 2.25. The van der Waals surface area contributed by atoms with E-state index in [1.807, 2.05) is 0 Å². The minimum absolute atomic E-state index is 0.0599. The second-order valence-corrected chi connectivity index (χ2v) is 4.97. The number of hydrogen-bond donors (Lipinski definition) is 2. The quantitative estimate of drug-likeness (QED) is 0.502. The van der Waals surface area contributed by atoms with E-state index >= 15 is 0 Å². The highest BCUT2D eigenvalue weighted by atomic mass is 35.5. The standard InChI is InChI=1S/C11H14ClN3O3/c12-8-3-1-2-4-9(8)14-11(16)10-5-7(6-13-10)15(17)18/h5-6,8-9,13H,1-4H2,(H,14,16). The molecule has 6 nitrogen and oxygen atoms in total. The molecule has 2 rings (SSSR count). The Morgan fingerprint density at radius 1 is 1.50 bits per heavy atom. The largest absolute Gasteiger partial charge is 0.351 e. The summed E-state index contributed by atoms with van der Waals surface area (Å²) in [5, 5.41) is 13.3. The van der Waals surface area contributed by atoms with E-state index < -0.39 is 4.92 Å². The number of aromatic nitrogens is 1. The highest BCUT2D eigenvalue weighted by molar-refractivity contribution is 6.21. The molecule has 0 aliphatic heterocycles. The molecule has 18 heavy (non-hydrogen) atoms. The zero-order valence-corrected chi connectivity index (χ0v) is 10.4. The maximum atomic E-state index is 11.9. The van der Waals surface area contributed by atoms with E-state index in [-0.39, 0.29) is 28.7 Å². The van der Waals surface area contributed by atoms with Crippen LogP contribution in [0.3, 0.4) is 0 Å². The molecule has 7 heteroatoms. The maximum absolute atomic E-state index is 11.9. The van der Waals surface area contributed by atoms with Crippen molar-refractivity contribution in [2.45, 2.75) is 37.1 Å². The molecule has 1 heterocycles. The van der Waals surface area contributed by atoms with E-state index in [2.05, 4.69) is 10.3 Å². The molecule has 0 saturated heterocycles. The van der Waals surface area contributed by atoms with Gasteiger partial charge in [-0.1, -0.05) is 12.8 Å². The molecule has 2 unspecified atom stereocenters. The number of alkyl halides is 1. The summed E-state index contributed by atoms with van der Waals surface area (Å²) in [7, 11) is 0. The molecule has 1 fully saturated rings. The zero-order chi connectivity index (χ0) is 13.1. The SMILES string of the molecule is O=C(NC1CCCCC1Cl)c1cc([N+](=O)[O-])c[nH]1. The first-order chi connectivity index (χ1) is 8.58. The van der Waals surface area contributed by atoms with Crippen molar-refractivity contribution in [3.05, 3.63) is 28.1 Å². The summed E-state index contributed by atoms with van der Waals surface area (Å²) in [6, 6.07) is 1.16. The van der Waals surface area contributed by atoms with Gasteiger partial charge in [-0.15, -0.1) is 11.6 Å². The smallest absolute Gasteiger partial charge is 0.287 e. The van der Waals surface area contributed by atoms with Crippen molar-refractivity contribution in [2.24, 2.45) is 0 Å². The van der Waals surface area contributed by atoms with Gasteiger partial charge in [0.1, 0.15) is 5.69 Å². The van der Waals surface area contributed by atoms with Crippen molar-refractivity contribution in [2.75, 3.05) is 0 Å². The van der Waals surface area contributed by atoms with Gasteiger partial charge < -0.3 is 10.3 Å². The van der Waals surface area contributed by atoms with E-state index in [4.69, 9.17) is 11.6 Å². The fourth-order valence-electron chi connectivity index (χ4n) is 2.11. The third-order valence-electron chi connectivity index (χ3n) is 3.12. The maximum Gasteiger partial charge on any atom is 0.287 e. The number of halogens is 1. The van der Waals surface area contributed by atoms with Crippen LogP contribution in [0.2, 0.25) is 0 Å². The number of nitrogens with zero attached hydrogens (tertiary/aromatic N) is 1. The number of amides is 1. The van der Waals surface area contributed by atoms with Crippen LogP contribution in [-0.4, -0.2) is 27.2 Å². The number of hydrogen-bond acceptors (Lipinski definition) is 3. The molecule has 98 valence electrons. The third-order valence-corrected chi connectivity index (χ3v) is 3.64. The van der Waals surface area contributed by atoms with Gasteiger partial charge in [0.2, 0.25) is 0 Å². The number of carbonyl (C=O) groups is 1. The van der Waals surface area contributed by atoms with E-state index in [0.29, 0.717) is 0 Å². The Balaban J connectivity index is 2.00. The summed E-state index contributed by atoms with van der Waals surface area (Å²) in [6.07, 6.45) is 5.06. The molecule has 0 radical (unpaired) electrons. The van der Waals surface area contributed by atoms with E-state index in [0.717, 1.165) is 25.7 Å². The van der Waals surface area contributed by atoms with Crippen LogP contribution >= 0.6 is 11.6 Å². The van der Waals surface area contributed by atoms with Crippen LogP contribution in [-0.2, 0) is 0 Å². The summed E-state index contributed by atoms with van der Waals surface area (Å²) in [5.74, 6) is -0.347. The Labute approximate surface area is 109 Å². The summed E-state index contributed by atoms with van der Waals surface area (Å²) in [6.45, 7) is 0. The molecular weight excluding hydrogens is 258 g/mol. The van der Waals surface area contributed by atoms with Crippen molar-refractivity contribution in [1.82, 2.24) is 10.3 Å². The summed E-state index contributed by atoms with van der Waals surface area (Å²) >= 11 is 6.14. The monoisotopic (exact) mass is 271 g/mol. The van der Waals surface area contributed by atoms with E-state index in [1.54, 1.807) is 0 Å². The van der Waals surface area contributed by atoms with Gasteiger partial charge in [-0.2, -0.15) is 0 Å². The molecule has 1 aromatic rings. The predicted octanol–water partition coefficient (Wildman–Crippen LogP) is 2.20. The van der Waals surface area contributed by atoms with Gasteiger partial charge in [-0.3, -0.25) is 14.9 Å². The van der Waals surface area contributed by atoms with Crippen LogP contribution in [0.5, 0.6) is 0 Å². The molecule has 1 saturated carbocycles. The lowest BCUT2D eigenvalue weighted by Gasteiger charge is -2.27. The molecular formula is C11H14ClN3O3. The Morgan fingerprint density at radius 3 is 2.83 bits per heavy atom. The number of rotatable bonds is 3. The second-order valence-electron chi connectivity index (χ2n) is 4.41. The zero-order valence-electron chi connectivity index (χ0n) is 9.69. The molecule has 1 amide bonds. The summed E-state index contributed by atoms with van der Waals surface area (Å²) in [5.41, 5.74) is 0.0716. The van der Waals surface area contributed by atoms with Gasteiger partial charge >= 0.3 is 0 Å². The normalized spacial score (nSPS) is 23.6. The van der Waals surface area contributed by atoms with Crippen LogP contribution < -0.4 is 5.32 Å². The average Bonchev–Trinajstić information content (AvgIpc) is 2.81. The fourth-order valence-corrected chi connectivity index (χ4v) is 2.46. The molecule has 1 aliphatic rings. The van der Waals surface area contributed by atoms with Crippen molar-refractivity contribution < 1.29 is 9.72 Å². The molecule has 0 bridgehead atoms. The average molecular weight is 272 g/mol. The summed E-state index contributed by atoms with van der Waals surface area (Å²) < 4.78 is 0. The van der Waals surface area contributed by atoms with Crippen molar-refractivity contribution in [3.8, 4) is 0 Å². The van der Waals surface area contributed by atoms with Crippen LogP contribution in [0.4, 0.5) is 5.69 Å².